The summed E-state index contributed by atoms with van der Waals surface area (Å²) in [5, 5.41) is 10.0. The first-order valence-corrected chi connectivity index (χ1v) is 12.4. The van der Waals surface area contributed by atoms with Gasteiger partial charge in [-0.1, -0.05) is 72.8 Å². The molecule has 38 heavy (non-hydrogen) atoms. The summed E-state index contributed by atoms with van der Waals surface area (Å²) < 4.78 is 22.5. The van der Waals surface area contributed by atoms with E-state index in [4.69, 9.17) is 4.74 Å². The number of nitrogens with one attached hydrogen (secondary N) is 2. The second-order valence-corrected chi connectivity index (χ2v) is 9.21. The fourth-order valence-electron chi connectivity index (χ4n) is 4.69. The fraction of sp³-hybridized carbons (Fsp3) is 0.172. The Labute approximate surface area is 218 Å². The van der Waals surface area contributed by atoms with Crippen LogP contribution in [-0.2, 0) is 11.3 Å². The highest BCUT2D eigenvalue weighted by molar-refractivity contribution is 6.20. The molecule has 0 saturated heterocycles. The van der Waals surface area contributed by atoms with E-state index in [2.05, 4.69) is 20.7 Å². The van der Waals surface area contributed by atoms with Crippen LogP contribution in [0.25, 0.3) is 11.3 Å². The van der Waals surface area contributed by atoms with Gasteiger partial charge in [-0.25, -0.2) is 14.1 Å². The molecule has 0 saturated carbocycles. The number of aromatic nitrogens is 2. The number of nitrogens with zero attached hydrogens (tertiary/aromatic N) is 3. The SMILES string of the molecule is C[C@@H]1CCn2nc(-c3ccccc3)c(C(=O)N[C@H]3N=C(c4ccccc4)c4cccc(F)c4NC3=O)c2O1. The summed E-state index contributed by atoms with van der Waals surface area (Å²) in [6, 6.07) is 23.0. The topological polar surface area (TPSA) is 97.6 Å². The van der Waals surface area contributed by atoms with E-state index in [-0.39, 0.29) is 17.4 Å². The van der Waals surface area contributed by atoms with Crippen molar-refractivity contribution in [3.05, 3.63) is 101 Å². The minimum Gasteiger partial charge on any atom is -0.474 e. The third kappa shape index (κ3) is 4.21. The summed E-state index contributed by atoms with van der Waals surface area (Å²) in [5.74, 6) is -1.48. The first-order valence-electron chi connectivity index (χ1n) is 12.4. The predicted octanol–water partition coefficient (Wildman–Crippen LogP) is 4.41. The molecule has 2 aliphatic heterocycles. The fourth-order valence-corrected chi connectivity index (χ4v) is 4.69. The average molecular weight is 510 g/mol. The number of carbonyl (C=O) groups excluding carboxylic acids is 2. The molecule has 3 aromatic carbocycles. The normalized spacial score (nSPS) is 18.3. The van der Waals surface area contributed by atoms with Gasteiger partial charge in [-0.2, -0.15) is 5.10 Å². The van der Waals surface area contributed by atoms with Crippen molar-refractivity contribution in [2.45, 2.75) is 32.2 Å². The molecule has 0 spiro atoms. The number of para-hydroxylation sites is 1. The maximum Gasteiger partial charge on any atom is 0.269 e. The molecule has 6 rings (SSSR count). The number of amides is 2. The van der Waals surface area contributed by atoms with Crippen molar-refractivity contribution in [2.75, 3.05) is 5.32 Å². The van der Waals surface area contributed by atoms with Crippen LogP contribution in [0.15, 0.2) is 83.9 Å². The van der Waals surface area contributed by atoms with Crippen LogP contribution in [0.5, 0.6) is 5.88 Å². The van der Waals surface area contributed by atoms with Crippen LogP contribution in [0.4, 0.5) is 10.1 Å². The lowest BCUT2D eigenvalue weighted by atomic mass is 10.0. The molecular formula is C29H24FN5O3. The summed E-state index contributed by atoms with van der Waals surface area (Å²) in [7, 11) is 0. The number of carbonyl (C=O) groups is 2. The maximum absolute atomic E-state index is 14.8. The van der Waals surface area contributed by atoms with Crippen molar-refractivity contribution in [3.8, 4) is 17.1 Å². The lowest BCUT2D eigenvalue weighted by molar-refractivity contribution is -0.117. The molecule has 0 aliphatic carbocycles. The van der Waals surface area contributed by atoms with Crippen LogP contribution in [0, 0.1) is 5.82 Å². The highest BCUT2D eigenvalue weighted by Gasteiger charge is 2.34. The van der Waals surface area contributed by atoms with Gasteiger partial charge in [-0.3, -0.25) is 9.59 Å². The minimum absolute atomic E-state index is 0.0156. The van der Waals surface area contributed by atoms with E-state index in [1.807, 2.05) is 67.6 Å². The monoisotopic (exact) mass is 509 g/mol. The molecule has 1 aromatic heterocycles. The molecule has 0 bridgehead atoms. The van der Waals surface area contributed by atoms with E-state index in [9.17, 15) is 14.0 Å². The van der Waals surface area contributed by atoms with Crippen LogP contribution >= 0.6 is 0 Å². The van der Waals surface area contributed by atoms with Crippen LogP contribution in [0.1, 0.15) is 34.8 Å². The van der Waals surface area contributed by atoms with Gasteiger partial charge >= 0.3 is 0 Å². The number of anilines is 1. The van der Waals surface area contributed by atoms with E-state index in [0.29, 0.717) is 35.0 Å². The number of ether oxygens (including phenoxy) is 1. The van der Waals surface area contributed by atoms with Crippen molar-refractivity contribution < 1.29 is 18.7 Å². The lowest BCUT2D eigenvalue weighted by Gasteiger charge is -2.22. The highest BCUT2D eigenvalue weighted by Crippen LogP contribution is 2.34. The van der Waals surface area contributed by atoms with E-state index in [1.165, 1.54) is 6.07 Å². The third-order valence-corrected chi connectivity index (χ3v) is 6.58. The molecule has 2 amide bonds. The van der Waals surface area contributed by atoms with Gasteiger partial charge in [-0.05, 0) is 13.0 Å². The Kier molecular flexibility index (Phi) is 5.95. The van der Waals surface area contributed by atoms with Crippen molar-refractivity contribution in [2.24, 2.45) is 4.99 Å². The molecule has 0 radical (unpaired) electrons. The Bertz CT molecular complexity index is 1570. The van der Waals surface area contributed by atoms with E-state index in [1.54, 1.807) is 16.8 Å². The summed E-state index contributed by atoms with van der Waals surface area (Å²) in [4.78, 5) is 31.7. The lowest BCUT2D eigenvalue weighted by Crippen LogP contribution is -2.42. The summed E-state index contributed by atoms with van der Waals surface area (Å²) in [6.07, 6.45) is -0.677. The maximum atomic E-state index is 14.8. The molecule has 4 aromatic rings. The zero-order valence-corrected chi connectivity index (χ0v) is 20.5. The predicted molar refractivity (Wildman–Crippen MR) is 141 cm³/mol. The summed E-state index contributed by atoms with van der Waals surface area (Å²) >= 11 is 0. The molecule has 2 N–H and O–H groups in total. The minimum atomic E-state index is -1.33. The van der Waals surface area contributed by atoms with E-state index < -0.39 is 23.8 Å². The molecule has 8 nitrogen and oxygen atoms in total. The number of benzene rings is 3. The first kappa shape index (κ1) is 23.6. The number of rotatable bonds is 4. The summed E-state index contributed by atoms with van der Waals surface area (Å²) in [5.41, 5.74) is 2.91. The molecule has 3 heterocycles. The molecular weight excluding hydrogens is 485 g/mol. The molecule has 0 fully saturated rings. The number of aliphatic imine (C=N–C) groups is 1. The Morgan fingerprint density at radius 2 is 1.74 bits per heavy atom. The number of halogens is 1. The average Bonchev–Trinajstić information content (AvgIpc) is 3.25. The highest BCUT2D eigenvalue weighted by atomic mass is 19.1. The number of aryl methyl sites for hydroxylation is 1. The van der Waals surface area contributed by atoms with Gasteiger partial charge in [0.1, 0.15) is 17.1 Å². The van der Waals surface area contributed by atoms with Gasteiger partial charge in [0.15, 0.2) is 0 Å². The Morgan fingerprint density at radius 1 is 1.03 bits per heavy atom. The van der Waals surface area contributed by atoms with Crippen molar-refractivity contribution in [1.29, 1.82) is 0 Å². The van der Waals surface area contributed by atoms with Crippen LogP contribution in [-0.4, -0.2) is 39.6 Å². The van der Waals surface area contributed by atoms with Gasteiger partial charge in [0.05, 0.1) is 17.5 Å². The van der Waals surface area contributed by atoms with Gasteiger partial charge in [-0.15, -0.1) is 0 Å². The Hall–Kier alpha value is -4.79. The smallest absolute Gasteiger partial charge is 0.269 e. The molecule has 2 aliphatic rings. The van der Waals surface area contributed by atoms with Crippen LogP contribution in [0.2, 0.25) is 0 Å². The largest absolute Gasteiger partial charge is 0.474 e. The van der Waals surface area contributed by atoms with Crippen LogP contribution < -0.4 is 15.4 Å². The zero-order valence-electron chi connectivity index (χ0n) is 20.5. The molecule has 2 atom stereocenters. The van der Waals surface area contributed by atoms with E-state index >= 15 is 0 Å². The number of hydrogen-bond donors (Lipinski definition) is 2. The van der Waals surface area contributed by atoms with Gasteiger partial charge in [0.2, 0.25) is 12.0 Å². The van der Waals surface area contributed by atoms with Gasteiger partial charge < -0.3 is 15.4 Å². The third-order valence-electron chi connectivity index (χ3n) is 6.58. The standard InChI is InChI=1S/C29H24FN5O3/c1-17-15-16-35-29(38-17)22(24(34-35)19-11-6-3-7-12-19)27(36)33-26-28(37)32-25-20(13-8-14-21(25)30)23(31-26)18-9-4-2-5-10-18/h2-14,17,26H,15-16H2,1H3,(H,32,37)(H,33,36)/t17-,26-/m1/s1. The second-order valence-electron chi connectivity index (χ2n) is 9.21. The first-order chi connectivity index (χ1) is 18.5. The van der Waals surface area contributed by atoms with Crippen molar-refractivity contribution in [3.63, 3.8) is 0 Å². The zero-order chi connectivity index (χ0) is 26.2. The van der Waals surface area contributed by atoms with E-state index in [0.717, 1.165) is 12.0 Å². The second kappa shape index (κ2) is 9.59. The number of fused-ring (bicyclic) bond motifs is 2. The Balaban J connectivity index is 1.43. The van der Waals surface area contributed by atoms with Crippen molar-refractivity contribution >= 4 is 23.2 Å². The molecule has 0 unspecified atom stereocenters. The van der Waals surface area contributed by atoms with Gasteiger partial charge in [0.25, 0.3) is 11.8 Å². The van der Waals surface area contributed by atoms with Crippen molar-refractivity contribution in [1.82, 2.24) is 15.1 Å². The molecule has 9 heteroatoms. The summed E-state index contributed by atoms with van der Waals surface area (Å²) in [6.45, 7) is 2.53. The number of benzodiazepines with no additional fused rings is 1. The van der Waals surface area contributed by atoms with Crippen LogP contribution in [0.3, 0.4) is 0 Å². The number of hydrogen-bond acceptors (Lipinski definition) is 5. The Morgan fingerprint density at radius 3 is 2.47 bits per heavy atom. The molecule has 190 valence electrons. The van der Waals surface area contributed by atoms with Gasteiger partial charge in [0, 0.05) is 29.7 Å². The quantitative estimate of drug-likeness (QED) is 0.426.